The SMILES string of the molecule is CC(C)C(O)c1nnc2ccc(C(=O)NCc3nc4ncccc4o3)cn12. The van der Waals surface area contributed by atoms with Crippen molar-refractivity contribution < 1.29 is 14.3 Å². The molecule has 0 aromatic carbocycles. The molecule has 0 saturated carbocycles. The molecule has 9 nitrogen and oxygen atoms in total. The number of nitrogens with one attached hydrogen (secondary N) is 1. The van der Waals surface area contributed by atoms with Gasteiger partial charge in [0, 0.05) is 12.4 Å². The summed E-state index contributed by atoms with van der Waals surface area (Å²) in [5, 5.41) is 21.1. The first kappa shape index (κ1) is 17.1. The van der Waals surface area contributed by atoms with E-state index in [1.807, 2.05) is 13.8 Å². The molecule has 4 heterocycles. The zero-order valence-corrected chi connectivity index (χ0v) is 14.8. The van der Waals surface area contributed by atoms with E-state index in [2.05, 4.69) is 25.5 Å². The summed E-state index contributed by atoms with van der Waals surface area (Å²) in [5.41, 5.74) is 2.04. The zero-order chi connectivity index (χ0) is 19.0. The first-order chi connectivity index (χ1) is 13.0. The smallest absolute Gasteiger partial charge is 0.253 e. The molecule has 4 aromatic rings. The molecule has 0 bridgehead atoms. The Balaban J connectivity index is 1.54. The van der Waals surface area contributed by atoms with Gasteiger partial charge in [0.15, 0.2) is 22.7 Å². The number of oxazole rings is 1. The van der Waals surface area contributed by atoms with Crippen LogP contribution in [0.2, 0.25) is 0 Å². The number of aromatic nitrogens is 5. The quantitative estimate of drug-likeness (QED) is 0.553. The fourth-order valence-electron chi connectivity index (χ4n) is 2.69. The van der Waals surface area contributed by atoms with E-state index < -0.39 is 6.10 Å². The van der Waals surface area contributed by atoms with E-state index in [0.717, 1.165) is 0 Å². The number of amides is 1. The van der Waals surface area contributed by atoms with Crippen molar-refractivity contribution in [3.8, 4) is 0 Å². The molecule has 1 amide bonds. The summed E-state index contributed by atoms with van der Waals surface area (Å²) >= 11 is 0. The molecule has 0 aliphatic carbocycles. The van der Waals surface area contributed by atoms with Crippen molar-refractivity contribution in [3.05, 3.63) is 53.9 Å². The van der Waals surface area contributed by atoms with Crippen molar-refractivity contribution in [2.75, 3.05) is 0 Å². The molecule has 4 aromatic heterocycles. The van der Waals surface area contributed by atoms with Crippen molar-refractivity contribution in [3.63, 3.8) is 0 Å². The number of hydrogen-bond acceptors (Lipinski definition) is 7. The predicted octanol–water partition coefficient (Wildman–Crippen LogP) is 1.88. The molecule has 138 valence electrons. The normalized spacial score (nSPS) is 12.7. The summed E-state index contributed by atoms with van der Waals surface area (Å²) < 4.78 is 7.17. The Hall–Kier alpha value is -3.33. The van der Waals surface area contributed by atoms with Gasteiger partial charge >= 0.3 is 0 Å². The second-order valence-corrected chi connectivity index (χ2v) is 6.51. The van der Waals surface area contributed by atoms with E-state index in [1.54, 1.807) is 41.1 Å². The van der Waals surface area contributed by atoms with E-state index in [4.69, 9.17) is 4.42 Å². The first-order valence-electron chi connectivity index (χ1n) is 8.54. The van der Waals surface area contributed by atoms with Crippen molar-refractivity contribution >= 4 is 22.8 Å². The van der Waals surface area contributed by atoms with E-state index in [1.165, 1.54) is 0 Å². The molecular formula is C18H18N6O3. The van der Waals surface area contributed by atoms with Crippen LogP contribution >= 0.6 is 0 Å². The standard InChI is InChI=1S/C18H18N6O3/c1-10(2)15(25)17-23-22-13-6-5-11(9-24(13)17)18(26)20-8-14-21-16-12(27-14)4-3-7-19-16/h3-7,9-10,15,25H,8H2,1-2H3,(H,20,26). The molecule has 0 saturated heterocycles. The predicted molar refractivity (Wildman–Crippen MR) is 95.8 cm³/mol. The van der Waals surface area contributed by atoms with Crippen molar-refractivity contribution in [2.45, 2.75) is 26.5 Å². The lowest BCUT2D eigenvalue weighted by Gasteiger charge is -2.12. The average Bonchev–Trinajstić information content (AvgIpc) is 3.28. The molecule has 0 aliphatic heterocycles. The van der Waals surface area contributed by atoms with Gasteiger partial charge in [-0.2, -0.15) is 4.98 Å². The Morgan fingerprint density at radius 3 is 2.93 bits per heavy atom. The van der Waals surface area contributed by atoms with Gasteiger partial charge in [0.1, 0.15) is 6.10 Å². The molecule has 27 heavy (non-hydrogen) atoms. The van der Waals surface area contributed by atoms with Crippen molar-refractivity contribution in [1.29, 1.82) is 0 Å². The fraction of sp³-hybridized carbons (Fsp3) is 0.278. The molecule has 2 N–H and O–H groups in total. The number of pyridine rings is 2. The van der Waals surface area contributed by atoms with Crippen LogP contribution in [0.15, 0.2) is 41.1 Å². The molecule has 0 fully saturated rings. The second-order valence-electron chi connectivity index (χ2n) is 6.51. The number of nitrogens with zero attached hydrogens (tertiary/aromatic N) is 5. The minimum Gasteiger partial charge on any atom is -0.437 e. The van der Waals surface area contributed by atoms with Crippen LogP contribution in [-0.4, -0.2) is 35.6 Å². The van der Waals surface area contributed by atoms with Gasteiger partial charge in [-0.1, -0.05) is 13.8 Å². The average molecular weight is 366 g/mol. The summed E-state index contributed by atoms with van der Waals surface area (Å²) in [6.45, 7) is 3.91. The third kappa shape index (κ3) is 3.24. The van der Waals surface area contributed by atoms with Gasteiger partial charge in [0.2, 0.25) is 5.89 Å². The maximum Gasteiger partial charge on any atom is 0.253 e. The Bertz CT molecular complexity index is 1080. The van der Waals surface area contributed by atoms with E-state index in [0.29, 0.717) is 34.2 Å². The number of carbonyl (C=O) groups is 1. The third-order valence-electron chi connectivity index (χ3n) is 4.20. The fourth-order valence-corrected chi connectivity index (χ4v) is 2.69. The summed E-state index contributed by atoms with van der Waals surface area (Å²) in [5.74, 6) is 0.450. The molecule has 4 rings (SSSR count). The first-order valence-corrected chi connectivity index (χ1v) is 8.54. The third-order valence-corrected chi connectivity index (χ3v) is 4.20. The number of rotatable bonds is 5. The minimum atomic E-state index is -0.773. The largest absolute Gasteiger partial charge is 0.437 e. The van der Waals surface area contributed by atoms with E-state index >= 15 is 0 Å². The zero-order valence-electron chi connectivity index (χ0n) is 14.8. The molecule has 0 aliphatic rings. The van der Waals surface area contributed by atoms with Crippen LogP contribution in [0.5, 0.6) is 0 Å². The summed E-state index contributed by atoms with van der Waals surface area (Å²) in [6.07, 6.45) is 2.47. The Kier molecular flexibility index (Phi) is 4.28. The lowest BCUT2D eigenvalue weighted by Crippen LogP contribution is -2.23. The van der Waals surface area contributed by atoms with Gasteiger partial charge in [0.25, 0.3) is 5.91 Å². The topological polar surface area (TPSA) is 118 Å². The summed E-state index contributed by atoms with van der Waals surface area (Å²) in [4.78, 5) is 20.8. The maximum absolute atomic E-state index is 12.5. The number of fused-ring (bicyclic) bond motifs is 2. The highest BCUT2D eigenvalue weighted by atomic mass is 16.3. The van der Waals surface area contributed by atoms with Gasteiger partial charge in [-0.25, -0.2) is 4.98 Å². The molecular weight excluding hydrogens is 348 g/mol. The molecule has 0 spiro atoms. The van der Waals surface area contributed by atoms with Crippen LogP contribution in [0.3, 0.4) is 0 Å². The number of aliphatic hydroxyl groups excluding tert-OH is 1. The molecule has 9 heteroatoms. The highest BCUT2D eigenvalue weighted by molar-refractivity contribution is 5.94. The molecule has 0 radical (unpaired) electrons. The van der Waals surface area contributed by atoms with Gasteiger partial charge in [-0.15, -0.1) is 10.2 Å². The Morgan fingerprint density at radius 1 is 1.30 bits per heavy atom. The van der Waals surface area contributed by atoms with Gasteiger partial charge in [0.05, 0.1) is 12.1 Å². The van der Waals surface area contributed by atoms with Gasteiger partial charge in [-0.05, 0) is 30.2 Å². The van der Waals surface area contributed by atoms with Crippen LogP contribution in [-0.2, 0) is 6.54 Å². The highest BCUT2D eigenvalue weighted by Crippen LogP contribution is 2.20. The number of aliphatic hydroxyl groups is 1. The van der Waals surface area contributed by atoms with Crippen LogP contribution in [0.1, 0.15) is 42.0 Å². The second kappa shape index (κ2) is 6.76. The van der Waals surface area contributed by atoms with Crippen LogP contribution in [0, 0.1) is 5.92 Å². The van der Waals surface area contributed by atoms with Crippen LogP contribution in [0.25, 0.3) is 16.9 Å². The van der Waals surface area contributed by atoms with Gasteiger partial charge in [-0.3, -0.25) is 9.20 Å². The Labute approximate surface area is 154 Å². The Morgan fingerprint density at radius 2 is 2.15 bits per heavy atom. The monoisotopic (exact) mass is 366 g/mol. The van der Waals surface area contributed by atoms with E-state index in [-0.39, 0.29) is 18.4 Å². The van der Waals surface area contributed by atoms with Gasteiger partial charge < -0.3 is 14.8 Å². The van der Waals surface area contributed by atoms with Crippen molar-refractivity contribution in [1.82, 2.24) is 29.9 Å². The van der Waals surface area contributed by atoms with Crippen LogP contribution in [0.4, 0.5) is 0 Å². The summed E-state index contributed by atoms with van der Waals surface area (Å²) in [6, 6.07) is 6.86. The van der Waals surface area contributed by atoms with Crippen LogP contribution < -0.4 is 5.32 Å². The molecule has 1 unspecified atom stereocenters. The lowest BCUT2D eigenvalue weighted by molar-refractivity contribution is 0.0946. The van der Waals surface area contributed by atoms with E-state index in [9.17, 15) is 9.90 Å². The minimum absolute atomic E-state index is 0.0253. The highest BCUT2D eigenvalue weighted by Gasteiger charge is 2.19. The molecule has 1 atom stereocenters. The lowest BCUT2D eigenvalue weighted by atomic mass is 10.1. The number of carbonyl (C=O) groups excluding carboxylic acids is 1. The summed E-state index contributed by atoms with van der Waals surface area (Å²) in [7, 11) is 0. The van der Waals surface area contributed by atoms with Crippen molar-refractivity contribution in [2.24, 2.45) is 5.92 Å². The number of hydrogen-bond donors (Lipinski definition) is 2. The maximum atomic E-state index is 12.5.